The number of hydrogen-bond acceptors (Lipinski definition) is 1. The summed E-state index contributed by atoms with van der Waals surface area (Å²) in [6.45, 7) is 3.08. The molecule has 21 heavy (non-hydrogen) atoms. The first kappa shape index (κ1) is 16.8. The van der Waals surface area contributed by atoms with Gasteiger partial charge in [0.15, 0.2) is 0 Å². The van der Waals surface area contributed by atoms with Gasteiger partial charge in [-0.2, -0.15) is 0 Å². The lowest BCUT2D eigenvalue weighted by Crippen LogP contribution is -2.25. The summed E-state index contributed by atoms with van der Waals surface area (Å²) in [6, 6.07) is 14.0. The molecular formula is C17H18BrCl2N. The van der Waals surface area contributed by atoms with Crippen LogP contribution in [0, 0.1) is 0 Å². The van der Waals surface area contributed by atoms with Crippen LogP contribution in [0.3, 0.4) is 0 Å². The monoisotopic (exact) mass is 385 g/mol. The Morgan fingerprint density at radius 3 is 2.33 bits per heavy atom. The lowest BCUT2D eigenvalue weighted by molar-refractivity contribution is 0.529. The fraction of sp³-hybridized carbons (Fsp3) is 0.294. The summed E-state index contributed by atoms with van der Waals surface area (Å²) in [7, 11) is 0. The molecule has 0 aliphatic rings. The van der Waals surface area contributed by atoms with Crippen LogP contribution in [0.4, 0.5) is 0 Å². The second-order valence-corrected chi connectivity index (χ2v) is 6.61. The van der Waals surface area contributed by atoms with E-state index in [9.17, 15) is 0 Å². The van der Waals surface area contributed by atoms with Crippen LogP contribution in [-0.2, 0) is 6.42 Å². The third-order valence-corrected chi connectivity index (χ3v) is 4.80. The molecule has 2 rings (SSSR count). The number of halogens is 3. The third-order valence-electron chi connectivity index (χ3n) is 3.37. The van der Waals surface area contributed by atoms with Gasteiger partial charge in [0.1, 0.15) is 0 Å². The second kappa shape index (κ2) is 8.19. The molecule has 1 nitrogen and oxygen atoms in total. The summed E-state index contributed by atoms with van der Waals surface area (Å²) in [5, 5.41) is 4.98. The molecule has 0 aliphatic heterocycles. The Morgan fingerprint density at radius 1 is 1.05 bits per heavy atom. The van der Waals surface area contributed by atoms with Crippen LogP contribution in [-0.4, -0.2) is 6.54 Å². The first-order valence-electron chi connectivity index (χ1n) is 7.04. The highest BCUT2D eigenvalue weighted by molar-refractivity contribution is 9.10. The highest BCUT2D eigenvalue weighted by Gasteiger charge is 2.18. The fourth-order valence-corrected chi connectivity index (χ4v) is 3.43. The highest BCUT2D eigenvalue weighted by Crippen LogP contribution is 2.33. The Morgan fingerprint density at radius 2 is 1.71 bits per heavy atom. The number of nitrogens with one attached hydrogen (secondary N) is 1. The molecule has 0 amide bonds. The van der Waals surface area contributed by atoms with E-state index in [0.717, 1.165) is 29.4 Å². The van der Waals surface area contributed by atoms with Crippen LogP contribution in [0.15, 0.2) is 46.9 Å². The highest BCUT2D eigenvalue weighted by atomic mass is 79.9. The molecule has 0 spiro atoms. The minimum atomic E-state index is 0.102. The number of rotatable bonds is 6. The van der Waals surface area contributed by atoms with E-state index in [1.54, 1.807) is 0 Å². The zero-order valence-electron chi connectivity index (χ0n) is 11.9. The van der Waals surface area contributed by atoms with E-state index >= 15 is 0 Å². The van der Waals surface area contributed by atoms with E-state index in [4.69, 9.17) is 23.2 Å². The van der Waals surface area contributed by atoms with Crippen LogP contribution in [0.2, 0.25) is 10.0 Å². The molecule has 112 valence electrons. The minimum absolute atomic E-state index is 0.102. The molecule has 2 aromatic rings. The van der Waals surface area contributed by atoms with Crippen molar-refractivity contribution in [1.82, 2.24) is 5.32 Å². The van der Waals surface area contributed by atoms with Gasteiger partial charge in [-0.1, -0.05) is 70.3 Å². The van der Waals surface area contributed by atoms with Crippen molar-refractivity contribution in [3.05, 3.63) is 68.1 Å². The Hall–Kier alpha value is -0.540. The Kier molecular flexibility index (Phi) is 6.56. The molecule has 0 fully saturated rings. The summed E-state index contributed by atoms with van der Waals surface area (Å²) >= 11 is 16.4. The number of hydrogen-bond donors (Lipinski definition) is 1. The van der Waals surface area contributed by atoms with Gasteiger partial charge >= 0.3 is 0 Å². The Labute approximate surface area is 144 Å². The van der Waals surface area contributed by atoms with Crippen LogP contribution in [0.1, 0.15) is 30.5 Å². The van der Waals surface area contributed by atoms with Crippen LogP contribution >= 0.6 is 39.1 Å². The molecule has 0 heterocycles. The summed E-state index contributed by atoms with van der Waals surface area (Å²) < 4.78 is 1.11. The van der Waals surface area contributed by atoms with Crippen LogP contribution in [0.25, 0.3) is 0 Å². The summed E-state index contributed by atoms with van der Waals surface area (Å²) in [4.78, 5) is 0. The standard InChI is InChI=1S/C17H18BrCl2N/c1-2-10-21-16(11-12-6-3-4-7-13(12)18)17-14(19)8-5-9-15(17)20/h3-9,16,21H,2,10-11H2,1H3. The lowest BCUT2D eigenvalue weighted by atomic mass is 9.98. The molecule has 0 saturated carbocycles. The third kappa shape index (κ3) is 4.46. The van der Waals surface area contributed by atoms with Crippen molar-refractivity contribution in [3.8, 4) is 0 Å². The molecule has 0 aliphatic carbocycles. The number of benzene rings is 2. The summed E-state index contributed by atoms with van der Waals surface area (Å²) in [5.41, 5.74) is 2.21. The molecule has 1 unspecified atom stereocenters. The van der Waals surface area contributed by atoms with Crippen molar-refractivity contribution in [1.29, 1.82) is 0 Å². The van der Waals surface area contributed by atoms with Gasteiger partial charge < -0.3 is 5.32 Å². The van der Waals surface area contributed by atoms with Gasteiger partial charge in [0.25, 0.3) is 0 Å². The van der Waals surface area contributed by atoms with Gasteiger partial charge in [0.2, 0.25) is 0 Å². The van der Waals surface area contributed by atoms with E-state index in [1.165, 1.54) is 5.56 Å². The van der Waals surface area contributed by atoms with Gasteiger partial charge in [-0.15, -0.1) is 0 Å². The average Bonchev–Trinajstić information content (AvgIpc) is 2.46. The van der Waals surface area contributed by atoms with Gasteiger partial charge in [0, 0.05) is 26.1 Å². The maximum absolute atomic E-state index is 6.37. The van der Waals surface area contributed by atoms with Crippen molar-refractivity contribution in [2.24, 2.45) is 0 Å². The molecule has 1 atom stereocenters. The minimum Gasteiger partial charge on any atom is -0.310 e. The van der Waals surface area contributed by atoms with Crippen molar-refractivity contribution in [2.45, 2.75) is 25.8 Å². The molecule has 0 aromatic heterocycles. The summed E-state index contributed by atoms with van der Waals surface area (Å²) in [6.07, 6.45) is 1.90. The van der Waals surface area contributed by atoms with E-state index < -0.39 is 0 Å². The smallest absolute Gasteiger partial charge is 0.0468 e. The predicted molar refractivity (Wildman–Crippen MR) is 95.3 cm³/mol. The Bertz CT molecular complexity index is 581. The maximum Gasteiger partial charge on any atom is 0.0468 e. The predicted octanol–water partition coefficient (Wildman–Crippen LogP) is 6.04. The lowest BCUT2D eigenvalue weighted by Gasteiger charge is -2.22. The van der Waals surface area contributed by atoms with Crippen LogP contribution < -0.4 is 5.32 Å². The molecule has 0 bridgehead atoms. The zero-order chi connectivity index (χ0) is 15.2. The topological polar surface area (TPSA) is 12.0 Å². The Balaban J connectivity index is 2.32. The van der Waals surface area contributed by atoms with Crippen LogP contribution in [0.5, 0.6) is 0 Å². The van der Waals surface area contributed by atoms with Crippen molar-refractivity contribution < 1.29 is 0 Å². The van der Waals surface area contributed by atoms with Crippen molar-refractivity contribution >= 4 is 39.1 Å². The molecule has 2 aromatic carbocycles. The average molecular weight is 387 g/mol. The first-order valence-corrected chi connectivity index (χ1v) is 8.59. The molecule has 1 N–H and O–H groups in total. The van der Waals surface area contributed by atoms with Crippen molar-refractivity contribution in [2.75, 3.05) is 6.54 Å². The first-order chi connectivity index (χ1) is 10.1. The SMILES string of the molecule is CCCNC(Cc1ccccc1Br)c1c(Cl)cccc1Cl. The quantitative estimate of drug-likeness (QED) is 0.638. The zero-order valence-corrected chi connectivity index (χ0v) is 15.0. The molecular weight excluding hydrogens is 369 g/mol. The van der Waals surface area contributed by atoms with E-state index in [-0.39, 0.29) is 6.04 Å². The summed E-state index contributed by atoms with van der Waals surface area (Å²) in [5.74, 6) is 0. The maximum atomic E-state index is 6.37. The normalized spacial score (nSPS) is 12.4. The van der Waals surface area contributed by atoms with Crippen molar-refractivity contribution in [3.63, 3.8) is 0 Å². The molecule has 0 saturated heterocycles. The van der Waals surface area contributed by atoms with E-state index in [2.05, 4.69) is 40.3 Å². The van der Waals surface area contributed by atoms with E-state index in [1.807, 2.05) is 30.3 Å². The second-order valence-electron chi connectivity index (χ2n) is 4.94. The fourth-order valence-electron chi connectivity index (χ4n) is 2.32. The van der Waals surface area contributed by atoms with E-state index in [0.29, 0.717) is 10.0 Å². The van der Waals surface area contributed by atoms with Gasteiger partial charge in [-0.3, -0.25) is 0 Å². The van der Waals surface area contributed by atoms with Gasteiger partial charge in [0.05, 0.1) is 0 Å². The molecule has 4 heteroatoms. The largest absolute Gasteiger partial charge is 0.310 e. The van der Waals surface area contributed by atoms with Gasteiger partial charge in [-0.05, 0) is 43.1 Å². The molecule has 0 radical (unpaired) electrons. The van der Waals surface area contributed by atoms with Gasteiger partial charge in [-0.25, -0.2) is 0 Å².